The van der Waals surface area contributed by atoms with Crippen molar-refractivity contribution in [3.05, 3.63) is 69.8 Å². The average Bonchev–Trinajstić information content (AvgIpc) is 2.51. The number of rotatable bonds is 2. The van der Waals surface area contributed by atoms with Crippen LogP contribution < -0.4 is 0 Å². The third-order valence-electron chi connectivity index (χ3n) is 4.24. The molecule has 1 aliphatic rings. The molecular formula is C18H17ClF2. The SMILES string of the molecule is Cc1ccc(F)c(C(Cl)c2ccc3c(c2)CCCC3)c1F. The molecule has 2 aromatic rings. The molecule has 110 valence electrons. The highest BCUT2D eigenvalue weighted by Crippen LogP contribution is 2.35. The van der Waals surface area contributed by atoms with Gasteiger partial charge in [-0.05, 0) is 60.9 Å². The molecule has 0 saturated carbocycles. The average molecular weight is 307 g/mol. The number of halogens is 3. The quantitative estimate of drug-likeness (QED) is 0.644. The summed E-state index contributed by atoms with van der Waals surface area (Å²) in [5, 5.41) is -0.794. The fourth-order valence-corrected chi connectivity index (χ4v) is 3.32. The van der Waals surface area contributed by atoms with Gasteiger partial charge in [0, 0.05) is 5.56 Å². The Morgan fingerprint density at radius 1 is 1.00 bits per heavy atom. The van der Waals surface area contributed by atoms with Crippen molar-refractivity contribution in [3.8, 4) is 0 Å². The minimum absolute atomic E-state index is 0.0487. The first-order chi connectivity index (χ1) is 10.1. The van der Waals surface area contributed by atoms with Crippen molar-refractivity contribution in [3.63, 3.8) is 0 Å². The molecule has 1 aliphatic carbocycles. The number of hydrogen-bond donors (Lipinski definition) is 0. The van der Waals surface area contributed by atoms with E-state index >= 15 is 0 Å². The van der Waals surface area contributed by atoms with Crippen molar-refractivity contribution >= 4 is 11.6 Å². The van der Waals surface area contributed by atoms with Crippen LogP contribution in [0.25, 0.3) is 0 Å². The summed E-state index contributed by atoms with van der Waals surface area (Å²) in [6.07, 6.45) is 4.47. The zero-order valence-corrected chi connectivity index (χ0v) is 12.7. The Kier molecular flexibility index (Phi) is 3.99. The van der Waals surface area contributed by atoms with Gasteiger partial charge >= 0.3 is 0 Å². The van der Waals surface area contributed by atoms with E-state index in [0.29, 0.717) is 5.56 Å². The third-order valence-corrected chi connectivity index (χ3v) is 4.71. The van der Waals surface area contributed by atoms with Crippen LogP contribution >= 0.6 is 11.6 Å². The van der Waals surface area contributed by atoms with E-state index in [4.69, 9.17) is 11.6 Å². The van der Waals surface area contributed by atoms with Crippen molar-refractivity contribution in [1.82, 2.24) is 0 Å². The van der Waals surface area contributed by atoms with Gasteiger partial charge in [-0.25, -0.2) is 8.78 Å². The van der Waals surface area contributed by atoms with E-state index in [2.05, 4.69) is 0 Å². The Hall–Kier alpha value is -1.41. The second-order valence-electron chi connectivity index (χ2n) is 5.69. The van der Waals surface area contributed by atoms with E-state index < -0.39 is 17.0 Å². The lowest BCUT2D eigenvalue weighted by Crippen LogP contribution is -2.06. The number of alkyl halides is 1. The largest absolute Gasteiger partial charge is 0.207 e. The van der Waals surface area contributed by atoms with E-state index in [0.717, 1.165) is 24.8 Å². The number of aryl methyl sites for hydroxylation is 3. The molecule has 0 amide bonds. The predicted molar refractivity (Wildman–Crippen MR) is 81.9 cm³/mol. The van der Waals surface area contributed by atoms with Crippen molar-refractivity contribution in [2.75, 3.05) is 0 Å². The topological polar surface area (TPSA) is 0 Å². The highest BCUT2D eigenvalue weighted by molar-refractivity contribution is 6.22. The van der Waals surface area contributed by atoms with Crippen molar-refractivity contribution in [2.45, 2.75) is 38.0 Å². The van der Waals surface area contributed by atoms with E-state index in [9.17, 15) is 8.78 Å². The van der Waals surface area contributed by atoms with Gasteiger partial charge < -0.3 is 0 Å². The Bertz CT molecular complexity index is 679. The number of hydrogen-bond acceptors (Lipinski definition) is 0. The smallest absolute Gasteiger partial charge is 0.134 e. The van der Waals surface area contributed by atoms with Gasteiger partial charge in [0.2, 0.25) is 0 Å². The number of benzene rings is 2. The van der Waals surface area contributed by atoms with Gasteiger partial charge in [0.25, 0.3) is 0 Å². The number of fused-ring (bicyclic) bond motifs is 1. The lowest BCUT2D eigenvalue weighted by Gasteiger charge is -2.19. The van der Waals surface area contributed by atoms with Crippen LogP contribution in [0.5, 0.6) is 0 Å². The Morgan fingerprint density at radius 3 is 2.48 bits per heavy atom. The zero-order valence-electron chi connectivity index (χ0n) is 11.9. The summed E-state index contributed by atoms with van der Waals surface area (Å²) in [6, 6.07) is 8.66. The van der Waals surface area contributed by atoms with Crippen LogP contribution in [0.15, 0.2) is 30.3 Å². The van der Waals surface area contributed by atoms with Crippen LogP contribution in [0.4, 0.5) is 8.78 Å². The molecule has 2 aromatic carbocycles. The predicted octanol–water partition coefficient (Wildman–Crippen LogP) is 5.48. The summed E-state index contributed by atoms with van der Waals surface area (Å²) < 4.78 is 28.2. The van der Waals surface area contributed by atoms with Gasteiger partial charge in [0.1, 0.15) is 11.6 Å². The molecule has 0 fully saturated rings. The molecule has 1 unspecified atom stereocenters. The van der Waals surface area contributed by atoms with Gasteiger partial charge in [-0.15, -0.1) is 11.6 Å². The van der Waals surface area contributed by atoms with Gasteiger partial charge in [-0.1, -0.05) is 24.3 Å². The van der Waals surface area contributed by atoms with Crippen molar-refractivity contribution in [2.24, 2.45) is 0 Å². The van der Waals surface area contributed by atoms with Crippen LogP contribution in [0, 0.1) is 18.6 Å². The monoisotopic (exact) mass is 306 g/mol. The maximum absolute atomic E-state index is 14.2. The third kappa shape index (κ3) is 2.69. The molecule has 3 heteroatoms. The van der Waals surface area contributed by atoms with E-state index in [1.54, 1.807) is 6.92 Å². The molecule has 0 aromatic heterocycles. The normalized spacial score (nSPS) is 15.6. The highest BCUT2D eigenvalue weighted by Gasteiger charge is 2.22. The lowest BCUT2D eigenvalue weighted by atomic mass is 9.89. The van der Waals surface area contributed by atoms with E-state index in [1.807, 2.05) is 18.2 Å². The van der Waals surface area contributed by atoms with Gasteiger partial charge in [-0.2, -0.15) is 0 Å². The minimum Gasteiger partial charge on any atom is -0.207 e. The molecule has 0 radical (unpaired) electrons. The van der Waals surface area contributed by atoms with E-state index in [1.165, 1.54) is 29.7 Å². The Morgan fingerprint density at radius 2 is 1.71 bits per heavy atom. The van der Waals surface area contributed by atoms with Crippen LogP contribution in [0.2, 0.25) is 0 Å². The minimum atomic E-state index is -0.794. The van der Waals surface area contributed by atoms with Crippen LogP contribution in [0.3, 0.4) is 0 Å². The molecule has 0 saturated heterocycles. The van der Waals surface area contributed by atoms with Crippen LogP contribution in [-0.4, -0.2) is 0 Å². The molecule has 0 N–H and O–H groups in total. The molecule has 0 spiro atoms. The molecule has 1 atom stereocenters. The first-order valence-electron chi connectivity index (χ1n) is 7.28. The fraction of sp³-hybridized carbons (Fsp3) is 0.333. The lowest BCUT2D eigenvalue weighted by molar-refractivity contribution is 0.553. The summed E-state index contributed by atoms with van der Waals surface area (Å²) in [5.74, 6) is -1.14. The standard InChI is InChI=1S/C18H17ClF2/c1-11-6-9-15(20)16(18(11)21)17(19)14-8-7-12-4-2-3-5-13(12)10-14/h6-10,17H,2-5H2,1H3. The van der Waals surface area contributed by atoms with Crippen LogP contribution in [-0.2, 0) is 12.8 Å². The van der Waals surface area contributed by atoms with E-state index in [-0.39, 0.29) is 5.56 Å². The second kappa shape index (κ2) is 5.76. The van der Waals surface area contributed by atoms with Gasteiger partial charge in [0.05, 0.1) is 5.38 Å². The highest BCUT2D eigenvalue weighted by atomic mass is 35.5. The van der Waals surface area contributed by atoms with Crippen LogP contribution in [0.1, 0.15) is 46.0 Å². The van der Waals surface area contributed by atoms with Gasteiger partial charge in [0.15, 0.2) is 0 Å². The van der Waals surface area contributed by atoms with Gasteiger partial charge in [-0.3, -0.25) is 0 Å². The molecular weight excluding hydrogens is 290 g/mol. The molecule has 0 nitrogen and oxygen atoms in total. The maximum Gasteiger partial charge on any atom is 0.134 e. The molecule has 21 heavy (non-hydrogen) atoms. The summed E-state index contributed by atoms with van der Waals surface area (Å²) >= 11 is 6.38. The summed E-state index contributed by atoms with van der Waals surface area (Å²) in [5.41, 5.74) is 3.72. The molecule has 3 rings (SSSR count). The summed E-state index contributed by atoms with van der Waals surface area (Å²) in [4.78, 5) is 0. The first-order valence-corrected chi connectivity index (χ1v) is 7.72. The fourth-order valence-electron chi connectivity index (χ4n) is 2.99. The molecule has 0 bridgehead atoms. The summed E-state index contributed by atoms with van der Waals surface area (Å²) in [6.45, 7) is 1.62. The van der Waals surface area contributed by atoms with Crippen molar-refractivity contribution < 1.29 is 8.78 Å². The zero-order chi connectivity index (χ0) is 15.0. The second-order valence-corrected chi connectivity index (χ2v) is 6.13. The molecule has 0 aliphatic heterocycles. The Labute approximate surface area is 128 Å². The first kappa shape index (κ1) is 14.5. The van der Waals surface area contributed by atoms with Crippen molar-refractivity contribution in [1.29, 1.82) is 0 Å². The maximum atomic E-state index is 14.2. The Balaban J connectivity index is 2.03. The molecule has 0 heterocycles. The summed E-state index contributed by atoms with van der Waals surface area (Å²) in [7, 11) is 0.